The van der Waals surface area contributed by atoms with Crippen LogP contribution in [0.3, 0.4) is 0 Å². The second-order valence-corrected chi connectivity index (χ2v) is 5.59. The summed E-state index contributed by atoms with van der Waals surface area (Å²) < 4.78 is 13.1. The van der Waals surface area contributed by atoms with Crippen molar-refractivity contribution in [3.05, 3.63) is 16.9 Å². The van der Waals surface area contributed by atoms with Gasteiger partial charge in [-0.25, -0.2) is 0 Å². The Morgan fingerprint density at radius 1 is 1.43 bits per heavy atom. The highest BCUT2D eigenvalue weighted by Crippen LogP contribution is 2.35. The highest BCUT2D eigenvalue weighted by atomic mass is 35.5. The molecule has 0 aromatic carbocycles. The molecule has 0 radical (unpaired) electrons. The van der Waals surface area contributed by atoms with Crippen LogP contribution >= 0.6 is 11.6 Å². The molecule has 0 saturated carbocycles. The molecule has 1 rings (SSSR count). The molecule has 2 atom stereocenters. The van der Waals surface area contributed by atoms with Gasteiger partial charge in [0.2, 0.25) is 0 Å². The molecule has 0 aliphatic rings. The number of nitrogens with zero attached hydrogens (tertiary/aromatic N) is 2. The first-order valence-electron chi connectivity index (χ1n) is 7.61. The number of methoxy groups -OCH3 is 1. The van der Waals surface area contributed by atoms with E-state index in [0.29, 0.717) is 24.8 Å². The van der Waals surface area contributed by atoms with E-state index < -0.39 is 0 Å². The van der Waals surface area contributed by atoms with Crippen molar-refractivity contribution in [1.29, 1.82) is 0 Å². The first kappa shape index (κ1) is 18.4. The summed E-state index contributed by atoms with van der Waals surface area (Å²) in [6.45, 7) is 11.1. The number of hydrogen-bond acceptors (Lipinski definition) is 4. The normalized spacial score (nSPS) is 15.9. The Kier molecular flexibility index (Phi) is 7.66. The monoisotopic (exact) mass is 317 g/mol. The average Bonchev–Trinajstić information content (AvgIpc) is 2.83. The fourth-order valence-corrected chi connectivity index (χ4v) is 2.79. The van der Waals surface area contributed by atoms with Gasteiger partial charge in [-0.3, -0.25) is 4.68 Å². The van der Waals surface area contributed by atoms with Crippen molar-refractivity contribution in [3.8, 4) is 0 Å². The minimum atomic E-state index is -0.334. The van der Waals surface area contributed by atoms with Crippen molar-refractivity contribution in [1.82, 2.24) is 15.1 Å². The fraction of sp³-hybridized carbons (Fsp3) is 0.800. The van der Waals surface area contributed by atoms with E-state index in [-0.39, 0.29) is 11.6 Å². The van der Waals surface area contributed by atoms with Crippen LogP contribution in [0.1, 0.15) is 45.9 Å². The van der Waals surface area contributed by atoms with Crippen LogP contribution in [0.5, 0.6) is 0 Å². The Hall–Kier alpha value is -0.620. The number of rotatable bonds is 10. The first-order valence-corrected chi connectivity index (χ1v) is 7.99. The highest BCUT2D eigenvalue weighted by Gasteiger charge is 2.37. The third-order valence-corrected chi connectivity index (χ3v) is 4.10. The zero-order valence-electron chi connectivity index (χ0n) is 13.8. The smallest absolute Gasteiger partial charge is 0.0861 e. The van der Waals surface area contributed by atoms with Gasteiger partial charge >= 0.3 is 0 Å². The Balaban J connectivity index is 3.18. The van der Waals surface area contributed by atoms with E-state index in [1.165, 1.54) is 0 Å². The lowest BCUT2D eigenvalue weighted by Crippen LogP contribution is -2.45. The Morgan fingerprint density at radius 2 is 2.14 bits per heavy atom. The van der Waals surface area contributed by atoms with E-state index in [2.05, 4.69) is 31.2 Å². The van der Waals surface area contributed by atoms with Crippen LogP contribution in [-0.4, -0.2) is 42.2 Å². The van der Waals surface area contributed by atoms with Crippen LogP contribution in [0.25, 0.3) is 0 Å². The zero-order chi connectivity index (χ0) is 15.9. The van der Waals surface area contributed by atoms with Crippen LogP contribution in [0.2, 0.25) is 5.02 Å². The van der Waals surface area contributed by atoms with Gasteiger partial charge in [-0.05, 0) is 26.8 Å². The largest absolute Gasteiger partial charge is 0.383 e. The van der Waals surface area contributed by atoms with E-state index in [9.17, 15) is 0 Å². The fourth-order valence-electron chi connectivity index (χ4n) is 2.54. The van der Waals surface area contributed by atoms with E-state index in [1.54, 1.807) is 13.3 Å². The topological polar surface area (TPSA) is 48.3 Å². The summed E-state index contributed by atoms with van der Waals surface area (Å²) in [5.74, 6) is 0. The lowest BCUT2D eigenvalue weighted by molar-refractivity contribution is -0.0580. The van der Waals surface area contributed by atoms with Crippen LogP contribution in [0.4, 0.5) is 0 Å². The van der Waals surface area contributed by atoms with Crippen molar-refractivity contribution in [2.75, 3.05) is 26.9 Å². The summed E-state index contributed by atoms with van der Waals surface area (Å²) in [6, 6.07) is -0.0145. The Morgan fingerprint density at radius 3 is 2.67 bits per heavy atom. The zero-order valence-corrected chi connectivity index (χ0v) is 14.5. The SMILES string of the molecule is CCNC(c1c(Cl)cnn1CCOC)C(C)(CC)OCC. The maximum Gasteiger partial charge on any atom is 0.0861 e. The van der Waals surface area contributed by atoms with Gasteiger partial charge in [0.05, 0.1) is 41.7 Å². The molecule has 1 N–H and O–H groups in total. The lowest BCUT2D eigenvalue weighted by atomic mass is 9.90. The number of aromatic nitrogens is 2. The molecule has 1 heterocycles. The standard InChI is InChI=1S/C15H28ClN3O2/c1-6-15(4,21-8-3)14(17-7-2)13-12(16)11-18-19(13)9-10-20-5/h11,14,17H,6-10H2,1-5H3. The van der Waals surface area contributed by atoms with Gasteiger partial charge in [0, 0.05) is 13.7 Å². The molecule has 0 aliphatic heterocycles. The maximum atomic E-state index is 6.40. The highest BCUT2D eigenvalue weighted by molar-refractivity contribution is 6.31. The molecular formula is C15H28ClN3O2. The van der Waals surface area contributed by atoms with Crippen LogP contribution < -0.4 is 5.32 Å². The van der Waals surface area contributed by atoms with Crippen molar-refractivity contribution < 1.29 is 9.47 Å². The summed E-state index contributed by atoms with van der Waals surface area (Å²) >= 11 is 6.40. The quantitative estimate of drug-likeness (QED) is 0.720. The van der Waals surface area contributed by atoms with Crippen molar-refractivity contribution in [2.24, 2.45) is 0 Å². The lowest BCUT2D eigenvalue weighted by Gasteiger charge is -2.37. The number of likely N-dealkylation sites (N-methyl/N-ethyl adjacent to an activating group) is 1. The molecule has 5 nitrogen and oxygen atoms in total. The first-order chi connectivity index (χ1) is 10.0. The minimum absolute atomic E-state index is 0.0145. The predicted molar refractivity (Wildman–Crippen MR) is 85.9 cm³/mol. The predicted octanol–water partition coefficient (Wildman–Crippen LogP) is 3.04. The molecule has 0 bridgehead atoms. The van der Waals surface area contributed by atoms with E-state index in [4.69, 9.17) is 21.1 Å². The Bertz CT molecular complexity index is 425. The van der Waals surface area contributed by atoms with Gasteiger partial charge in [-0.1, -0.05) is 25.4 Å². The molecule has 0 saturated heterocycles. The molecule has 122 valence electrons. The van der Waals surface area contributed by atoms with Crippen LogP contribution in [0.15, 0.2) is 6.20 Å². The molecule has 0 aliphatic carbocycles. The summed E-state index contributed by atoms with van der Waals surface area (Å²) in [5, 5.41) is 8.54. The van der Waals surface area contributed by atoms with Crippen molar-refractivity contribution in [2.45, 2.75) is 52.3 Å². The minimum Gasteiger partial charge on any atom is -0.383 e. The Labute approximate surface area is 132 Å². The van der Waals surface area contributed by atoms with Crippen LogP contribution in [-0.2, 0) is 16.0 Å². The maximum absolute atomic E-state index is 6.40. The molecule has 21 heavy (non-hydrogen) atoms. The third-order valence-electron chi connectivity index (χ3n) is 3.81. The number of halogens is 1. The van der Waals surface area contributed by atoms with Crippen molar-refractivity contribution >= 4 is 11.6 Å². The molecule has 6 heteroatoms. The van der Waals surface area contributed by atoms with Crippen molar-refractivity contribution in [3.63, 3.8) is 0 Å². The molecule has 1 aromatic heterocycles. The second kappa shape index (κ2) is 8.73. The summed E-state index contributed by atoms with van der Waals surface area (Å²) in [7, 11) is 1.68. The number of nitrogens with one attached hydrogen (secondary N) is 1. The van der Waals surface area contributed by atoms with E-state index >= 15 is 0 Å². The summed E-state index contributed by atoms with van der Waals surface area (Å²) in [6.07, 6.45) is 2.57. The van der Waals surface area contributed by atoms with E-state index in [0.717, 1.165) is 18.7 Å². The average molecular weight is 318 g/mol. The molecule has 1 aromatic rings. The molecule has 0 spiro atoms. The number of ether oxygens (including phenoxy) is 2. The van der Waals surface area contributed by atoms with Gasteiger partial charge in [-0.2, -0.15) is 5.10 Å². The molecular weight excluding hydrogens is 290 g/mol. The molecule has 0 fully saturated rings. The second-order valence-electron chi connectivity index (χ2n) is 5.18. The van der Waals surface area contributed by atoms with Gasteiger partial charge in [0.1, 0.15) is 0 Å². The van der Waals surface area contributed by atoms with Gasteiger partial charge in [0.25, 0.3) is 0 Å². The molecule has 0 amide bonds. The van der Waals surface area contributed by atoms with Gasteiger partial charge < -0.3 is 14.8 Å². The van der Waals surface area contributed by atoms with E-state index in [1.807, 2.05) is 11.6 Å². The number of hydrogen-bond donors (Lipinski definition) is 1. The summed E-state index contributed by atoms with van der Waals surface area (Å²) in [5.41, 5.74) is 0.632. The third kappa shape index (κ3) is 4.42. The van der Waals surface area contributed by atoms with Crippen LogP contribution in [0, 0.1) is 0 Å². The summed E-state index contributed by atoms with van der Waals surface area (Å²) in [4.78, 5) is 0. The van der Waals surface area contributed by atoms with Gasteiger partial charge in [-0.15, -0.1) is 0 Å². The van der Waals surface area contributed by atoms with Gasteiger partial charge in [0.15, 0.2) is 0 Å². The molecule has 2 unspecified atom stereocenters.